The third-order valence-corrected chi connectivity index (χ3v) is 2.01. The fraction of sp³-hybridized carbons (Fsp3) is 0.333. The minimum absolute atomic E-state index is 0.986. The lowest BCUT2D eigenvalue weighted by atomic mass is 10.0. The van der Waals surface area contributed by atoms with Crippen LogP contribution in [0.2, 0.25) is 0 Å². The van der Waals surface area contributed by atoms with Gasteiger partial charge in [-0.05, 0) is 42.2 Å². The van der Waals surface area contributed by atoms with Gasteiger partial charge >= 0.3 is 0 Å². The van der Waals surface area contributed by atoms with Crippen molar-refractivity contribution >= 4 is 0 Å². The number of benzene rings is 1. The number of aryl methyl sites for hydroxylation is 2. The molecule has 0 bridgehead atoms. The average Bonchev–Trinajstić information content (AvgIpc) is 2.16. The highest BCUT2D eigenvalue weighted by Crippen LogP contribution is 2.11. The highest BCUT2D eigenvalue weighted by Gasteiger charge is 1.98. The molecule has 0 atom stereocenters. The standard InChI is InChI=1S/C12H13/c1-4-10-7-8-11(5-2)12(6-3)9-10/h3,8-9H,4-5H2,1-2H3. The molecule has 0 spiro atoms. The van der Waals surface area contributed by atoms with Gasteiger partial charge in [-0.2, -0.15) is 0 Å². The van der Waals surface area contributed by atoms with Gasteiger partial charge < -0.3 is 0 Å². The van der Waals surface area contributed by atoms with E-state index >= 15 is 0 Å². The van der Waals surface area contributed by atoms with E-state index in [1.807, 2.05) is 6.07 Å². The molecule has 0 aliphatic heterocycles. The van der Waals surface area contributed by atoms with Crippen LogP contribution in [-0.4, -0.2) is 0 Å². The minimum Gasteiger partial charge on any atom is -0.115 e. The first-order valence-corrected chi connectivity index (χ1v) is 4.31. The highest BCUT2D eigenvalue weighted by molar-refractivity contribution is 5.42. The maximum absolute atomic E-state index is 5.39. The summed E-state index contributed by atoms with van der Waals surface area (Å²) in [4.78, 5) is 0. The molecule has 0 saturated heterocycles. The molecule has 0 aliphatic rings. The lowest BCUT2D eigenvalue weighted by Crippen LogP contribution is -1.90. The van der Waals surface area contributed by atoms with E-state index in [2.05, 4.69) is 31.9 Å². The monoisotopic (exact) mass is 157 g/mol. The Morgan fingerprint density at radius 3 is 2.67 bits per heavy atom. The Kier molecular flexibility index (Phi) is 2.94. The molecule has 1 rings (SSSR count). The van der Waals surface area contributed by atoms with Gasteiger partial charge in [0.2, 0.25) is 0 Å². The number of terminal acetylenes is 1. The van der Waals surface area contributed by atoms with Crippen molar-refractivity contribution in [2.45, 2.75) is 26.7 Å². The summed E-state index contributed by atoms with van der Waals surface area (Å²) in [5.74, 6) is 2.70. The maximum Gasteiger partial charge on any atom is 0.0277 e. The molecule has 12 heavy (non-hydrogen) atoms. The van der Waals surface area contributed by atoms with Gasteiger partial charge in [-0.15, -0.1) is 6.42 Å². The zero-order chi connectivity index (χ0) is 8.97. The first-order chi connectivity index (χ1) is 5.81. The fourth-order valence-electron chi connectivity index (χ4n) is 1.20. The fourth-order valence-corrected chi connectivity index (χ4v) is 1.20. The zero-order valence-corrected chi connectivity index (χ0v) is 7.65. The molecule has 0 N–H and O–H groups in total. The van der Waals surface area contributed by atoms with Gasteiger partial charge in [-0.3, -0.25) is 0 Å². The molecule has 0 aromatic heterocycles. The van der Waals surface area contributed by atoms with E-state index in [1.165, 1.54) is 11.1 Å². The van der Waals surface area contributed by atoms with Crippen molar-refractivity contribution in [2.75, 3.05) is 0 Å². The second-order valence-corrected chi connectivity index (χ2v) is 2.75. The van der Waals surface area contributed by atoms with Gasteiger partial charge in [0.05, 0.1) is 0 Å². The molecule has 0 heteroatoms. The second kappa shape index (κ2) is 3.97. The quantitative estimate of drug-likeness (QED) is 0.579. The molecule has 1 radical (unpaired) electrons. The van der Waals surface area contributed by atoms with E-state index in [1.54, 1.807) is 0 Å². The first-order valence-electron chi connectivity index (χ1n) is 4.31. The van der Waals surface area contributed by atoms with E-state index in [-0.39, 0.29) is 0 Å². The third kappa shape index (κ3) is 1.68. The van der Waals surface area contributed by atoms with E-state index < -0.39 is 0 Å². The smallest absolute Gasteiger partial charge is 0.0277 e. The van der Waals surface area contributed by atoms with Crippen molar-refractivity contribution in [2.24, 2.45) is 0 Å². The Morgan fingerprint density at radius 1 is 1.42 bits per heavy atom. The number of hydrogen-bond donors (Lipinski definition) is 0. The van der Waals surface area contributed by atoms with Crippen LogP contribution in [0.4, 0.5) is 0 Å². The Labute approximate surface area is 74.6 Å². The normalized spacial score (nSPS) is 9.42. The SMILES string of the molecule is C#Cc1cc(CC)[c]cc1CC. The van der Waals surface area contributed by atoms with Crippen LogP contribution in [0.1, 0.15) is 30.5 Å². The molecule has 1 aromatic rings. The second-order valence-electron chi connectivity index (χ2n) is 2.75. The molecule has 0 heterocycles. The predicted molar refractivity (Wildman–Crippen MR) is 52.0 cm³/mol. The average molecular weight is 157 g/mol. The Bertz CT molecular complexity index is 302. The molecule has 1 aromatic carbocycles. The predicted octanol–water partition coefficient (Wildman–Crippen LogP) is 2.59. The van der Waals surface area contributed by atoms with Crippen molar-refractivity contribution in [1.29, 1.82) is 0 Å². The van der Waals surface area contributed by atoms with Crippen molar-refractivity contribution < 1.29 is 0 Å². The van der Waals surface area contributed by atoms with Gasteiger partial charge in [0.25, 0.3) is 0 Å². The van der Waals surface area contributed by atoms with E-state index in [0.29, 0.717) is 0 Å². The molecular formula is C12H13. The molecule has 61 valence electrons. The molecule has 0 amide bonds. The van der Waals surface area contributed by atoms with Gasteiger partial charge in [0.15, 0.2) is 0 Å². The van der Waals surface area contributed by atoms with Crippen LogP contribution in [0.15, 0.2) is 12.1 Å². The van der Waals surface area contributed by atoms with Gasteiger partial charge in [0.1, 0.15) is 0 Å². The highest BCUT2D eigenvalue weighted by atomic mass is 14.0. The van der Waals surface area contributed by atoms with Crippen LogP contribution in [0.25, 0.3) is 0 Å². The summed E-state index contributed by atoms with van der Waals surface area (Å²) in [5.41, 5.74) is 3.43. The molecule has 0 unspecified atom stereocenters. The Balaban J connectivity index is 3.13. The van der Waals surface area contributed by atoms with Gasteiger partial charge in [0, 0.05) is 5.56 Å². The summed E-state index contributed by atoms with van der Waals surface area (Å²) in [6, 6.07) is 7.28. The van der Waals surface area contributed by atoms with Crippen LogP contribution >= 0.6 is 0 Å². The molecule has 0 nitrogen and oxygen atoms in total. The number of hydrogen-bond acceptors (Lipinski definition) is 0. The first kappa shape index (κ1) is 8.87. The summed E-state index contributed by atoms with van der Waals surface area (Å²) in [5, 5.41) is 0. The summed E-state index contributed by atoms with van der Waals surface area (Å²) in [6.45, 7) is 4.22. The van der Waals surface area contributed by atoms with Gasteiger partial charge in [-0.25, -0.2) is 0 Å². The maximum atomic E-state index is 5.39. The van der Waals surface area contributed by atoms with E-state index in [9.17, 15) is 0 Å². The van der Waals surface area contributed by atoms with Crippen molar-refractivity contribution in [3.63, 3.8) is 0 Å². The van der Waals surface area contributed by atoms with Crippen molar-refractivity contribution in [3.8, 4) is 12.3 Å². The summed E-state index contributed by atoms with van der Waals surface area (Å²) in [7, 11) is 0. The largest absolute Gasteiger partial charge is 0.115 e. The van der Waals surface area contributed by atoms with Gasteiger partial charge in [-0.1, -0.05) is 19.8 Å². The lowest BCUT2D eigenvalue weighted by Gasteiger charge is -2.02. The zero-order valence-electron chi connectivity index (χ0n) is 7.65. The van der Waals surface area contributed by atoms with Crippen LogP contribution in [0, 0.1) is 18.4 Å². The molecule has 0 saturated carbocycles. The van der Waals surface area contributed by atoms with Crippen LogP contribution in [-0.2, 0) is 12.8 Å². The lowest BCUT2D eigenvalue weighted by molar-refractivity contribution is 1.09. The van der Waals surface area contributed by atoms with E-state index in [4.69, 9.17) is 6.42 Å². The number of rotatable bonds is 2. The molecule has 0 fully saturated rings. The summed E-state index contributed by atoms with van der Waals surface area (Å²) in [6.07, 6.45) is 7.37. The van der Waals surface area contributed by atoms with Crippen LogP contribution in [0.3, 0.4) is 0 Å². The minimum atomic E-state index is 0.986. The van der Waals surface area contributed by atoms with Crippen molar-refractivity contribution in [1.82, 2.24) is 0 Å². The summed E-state index contributed by atoms with van der Waals surface area (Å²) < 4.78 is 0. The molecule has 0 aliphatic carbocycles. The third-order valence-electron chi connectivity index (χ3n) is 2.01. The Morgan fingerprint density at radius 2 is 2.17 bits per heavy atom. The van der Waals surface area contributed by atoms with Crippen molar-refractivity contribution in [3.05, 3.63) is 34.9 Å². The molecular weight excluding hydrogens is 144 g/mol. The van der Waals surface area contributed by atoms with Crippen LogP contribution < -0.4 is 0 Å². The van der Waals surface area contributed by atoms with E-state index in [0.717, 1.165) is 18.4 Å². The Hall–Kier alpha value is -1.22. The van der Waals surface area contributed by atoms with Crippen LogP contribution in [0.5, 0.6) is 0 Å². The summed E-state index contributed by atoms with van der Waals surface area (Å²) >= 11 is 0. The topological polar surface area (TPSA) is 0 Å².